The van der Waals surface area contributed by atoms with Crippen molar-refractivity contribution in [2.24, 2.45) is 0 Å². The lowest BCUT2D eigenvalue weighted by atomic mass is 9.90. The highest BCUT2D eigenvalue weighted by molar-refractivity contribution is 5.75. The third kappa shape index (κ3) is 2.98. The van der Waals surface area contributed by atoms with E-state index in [2.05, 4.69) is 25.9 Å². The molecular formula is C11H18N2O. The van der Waals surface area contributed by atoms with E-state index >= 15 is 0 Å². The summed E-state index contributed by atoms with van der Waals surface area (Å²) in [5.41, 5.74) is 1.34. The van der Waals surface area contributed by atoms with Crippen molar-refractivity contribution in [1.82, 2.24) is 9.78 Å². The summed E-state index contributed by atoms with van der Waals surface area (Å²) >= 11 is 0. The predicted molar refractivity (Wildman–Crippen MR) is 56.2 cm³/mol. The zero-order valence-electron chi connectivity index (χ0n) is 9.37. The van der Waals surface area contributed by atoms with Crippen molar-refractivity contribution >= 4 is 5.78 Å². The third-order valence-corrected chi connectivity index (χ3v) is 2.19. The molecule has 0 atom stereocenters. The van der Waals surface area contributed by atoms with Crippen molar-refractivity contribution in [1.29, 1.82) is 0 Å². The Morgan fingerprint density at radius 2 is 2.14 bits per heavy atom. The van der Waals surface area contributed by atoms with Gasteiger partial charge in [0.15, 0.2) is 0 Å². The molecule has 3 heteroatoms. The second-order valence-electron chi connectivity index (χ2n) is 4.69. The second kappa shape index (κ2) is 3.95. The fourth-order valence-corrected chi connectivity index (χ4v) is 1.15. The maximum atomic E-state index is 10.8. The molecule has 78 valence electrons. The van der Waals surface area contributed by atoms with Crippen molar-refractivity contribution in [2.75, 3.05) is 0 Å². The molecule has 0 radical (unpaired) electrons. The van der Waals surface area contributed by atoms with Crippen LogP contribution in [0.2, 0.25) is 0 Å². The number of hydrogen-bond acceptors (Lipinski definition) is 2. The summed E-state index contributed by atoms with van der Waals surface area (Å²) in [6, 6.07) is 0. The van der Waals surface area contributed by atoms with Gasteiger partial charge in [0.2, 0.25) is 0 Å². The highest BCUT2D eigenvalue weighted by Crippen LogP contribution is 2.20. The summed E-state index contributed by atoms with van der Waals surface area (Å²) in [4.78, 5) is 10.8. The lowest BCUT2D eigenvalue weighted by Crippen LogP contribution is -2.10. The van der Waals surface area contributed by atoms with Crippen molar-refractivity contribution in [3.8, 4) is 0 Å². The Hall–Kier alpha value is -1.12. The first-order valence-corrected chi connectivity index (χ1v) is 4.92. The summed E-state index contributed by atoms with van der Waals surface area (Å²) in [6.07, 6.45) is 4.45. The number of hydrogen-bond donors (Lipinski definition) is 0. The number of rotatable bonds is 3. The van der Waals surface area contributed by atoms with Gasteiger partial charge in [-0.3, -0.25) is 9.48 Å². The van der Waals surface area contributed by atoms with Crippen molar-refractivity contribution < 1.29 is 4.79 Å². The number of ketones is 1. The molecule has 0 aromatic carbocycles. The minimum absolute atomic E-state index is 0.133. The monoisotopic (exact) mass is 194 g/mol. The number of carbonyl (C=O) groups is 1. The minimum Gasteiger partial charge on any atom is -0.300 e. The van der Waals surface area contributed by atoms with Crippen LogP contribution in [0.5, 0.6) is 0 Å². The van der Waals surface area contributed by atoms with E-state index in [9.17, 15) is 4.79 Å². The minimum atomic E-state index is 0.133. The van der Waals surface area contributed by atoms with Crippen LogP contribution in [-0.4, -0.2) is 15.6 Å². The molecule has 0 unspecified atom stereocenters. The van der Waals surface area contributed by atoms with Crippen LogP contribution in [0.3, 0.4) is 0 Å². The van der Waals surface area contributed by atoms with Gasteiger partial charge in [-0.05, 0) is 17.9 Å². The highest BCUT2D eigenvalue weighted by Gasteiger charge is 2.15. The summed E-state index contributed by atoms with van der Waals surface area (Å²) < 4.78 is 1.84. The zero-order chi connectivity index (χ0) is 10.8. The van der Waals surface area contributed by atoms with Crippen molar-refractivity contribution in [3.63, 3.8) is 0 Å². The molecule has 0 aliphatic rings. The van der Waals surface area contributed by atoms with Gasteiger partial charge in [0.05, 0.1) is 6.20 Å². The number of Topliss-reactive ketones (excluding diaryl/α,β-unsaturated/α-hetero) is 1. The fraction of sp³-hybridized carbons (Fsp3) is 0.636. The van der Waals surface area contributed by atoms with Crippen LogP contribution in [0.4, 0.5) is 0 Å². The highest BCUT2D eigenvalue weighted by atomic mass is 16.1. The number of aromatic nitrogens is 2. The molecule has 0 N–H and O–H groups in total. The second-order valence-corrected chi connectivity index (χ2v) is 4.69. The normalized spacial score (nSPS) is 11.7. The lowest BCUT2D eigenvalue weighted by molar-refractivity contribution is -0.117. The molecule has 0 fully saturated rings. The Morgan fingerprint density at radius 1 is 1.50 bits per heavy atom. The molecule has 1 rings (SSSR count). The molecule has 0 spiro atoms. The lowest BCUT2D eigenvalue weighted by Gasteiger charge is -2.14. The topological polar surface area (TPSA) is 34.9 Å². The molecule has 0 saturated heterocycles. The van der Waals surface area contributed by atoms with Gasteiger partial charge in [0, 0.05) is 19.2 Å². The SMILES string of the molecule is CC(=O)CCn1cc(C(C)(C)C)cn1. The van der Waals surface area contributed by atoms with Gasteiger partial charge in [0.1, 0.15) is 5.78 Å². The largest absolute Gasteiger partial charge is 0.300 e. The standard InChI is InChI=1S/C11H18N2O/c1-9(14)5-6-13-8-10(7-12-13)11(2,3)4/h7-8H,5-6H2,1-4H3. The van der Waals surface area contributed by atoms with Crippen LogP contribution >= 0.6 is 0 Å². The van der Waals surface area contributed by atoms with E-state index in [1.807, 2.05) is 17.1 Å². The predicted octanol–water partition coefficient (Wildman–Crippen LogP) is 2.16. The molecule has 1 heterocycles. The maximum absolute atomic E-state index is 10.8. The van der Waals surface area contributed by atoms with Crippen molar-refractivity contribution in [3.05, 3.63) is 18.0 Å². The molecule has 0 aliphatic heterocycles. The van der Waals surface area contributed by atoms with Gasteiger partial charge in [-0.2, -0.15) is 5.10 Å². The molecule has 1 aromatic rings. The summed E-state index contributed by atoms with van der Waals surface area (Å²) in [5, 5.41) is 4.22. The molecule has 14 heavy (non-hydrogen) atoms. The van der Waals surface area contributed by atoms with Crippen molar-refractivity contribution in [2.45, 2.75) is 46.1 Å². The number of nitrogens with zero attached hydrogens (tertiary/aromatic N) is 2. The van der Waals surface area contributed by atoms with Crippen LogP contribution in [0.15, 0.2) is 12.4 Å². The smallest absolute Gasteiger partial charge is 0.131 e. The third-order valence-electron chi connectivity index (χ3n) is 2.19. The Labute approximate surface area is 85.1 Å². The Kier molecular flexibility index (Phi) is 3.09. The number of carbonyl (C=O) groups excluding carboxylic acids is 1. The van der Waals surface area contributed by atoms with Crippen LogP contribution in [0, 0.1) is 0 Å². The first-order chi connectivity index (χ1) is 6.39. The van der Waals surface area contributed by atoms with E-state index in [4.69, 9.17) is 0 Å². The first-order valence-electron chi connectivity index (χ1n) is 4.92. The van der Waals surface area contributed by atoms with E-state index in [0.29, 0.717) is 13.0 Å². The molecule has 0 saturated carbocycles. The average molecular weight is 194 g/mol. The average Bonchev–Trinajstić information content (AvgIpc) is 2.47. The van der Waals surface area contributed by atoms with E-state index in [1.165, 1.54) is 5.56 Å². The summed E-state index contributed by atoms with van der Waals surface area (Å²) in [5.74, 6) is 0.206. The van der Waals surface area contributed by atoms with Crippen LogP contribution in [0.1, 0.15) is 39.7 Å². The van der Waals surface area contributed by atoms with E-state index in [-0.39, 0.29) is 11.2 Å². The Balaban J connectivity index is 2.64. The van der Waals surface area contributed by atoms with Gasteiger partial charge in [-0.15, -0.1) is 0 Å². The van der Waals surface area contributed by atoms with E-state index in [0.717, 1.165) is 0 Å². The van der Waals surface area contributed by atoms with Crippen LogP contribution < -0.4 is 0 Å². The van der Waals surface area contributed by atoms with Crippen LogP contribution in [-0.2, 0) is 16.8 Å². The number of aryl methyl sites for hydroxylation is 1. The molecule has 0 amide bonds. The molecule has 3 nitrogen and oxygen atoms in total. The van der Waals surface area contributed by atoms with Gasteiger partial charge in [-0.1, -0.05) is 20.8 Å². The molecular weight excluding hydrogens is 176 g/mol. The summed E-state index contributed by atoms with van der Waals surface area (Å²) in [6.45, 7) is 8.75. The molecule has 1 aromatic heterocycles. The first kappa shape index (κ1) is 11.0. The fourth-order valence-electron chi connectivity index (χ4n) is 1.15. The van der Waals surface area contributed by atoms with Gasteiger partial charge in [-0.25, -0.2) is 0 Å². The Bertz CT molecular complexity index is 320. The van der Waals surface area contributed by atoms with Gasteiger partial charge >= 0.3 is 0 Å². The quantitative estimate of drug-likeness (QED) is 0.739. The van der Waals surface area contributed by atoms with Gasteiger partial charge < -0.3 is 0 Å². The zero-order valence-corrected chi connectivity index (χ0v) is 9.37. The van der Waals surface area contributed by atoms with E-state index < -0.39 is 0 Å². The molecule has 0 aliphatic carbocycles. The maximum Gasteiger partial charge on any atom is 0.131 e. The van der Waals surface area contributed by atoms with E-state index in [1.54, 1.807) is 6.92 Å². The Morgan fingerprint density at radius 3 is 2.57 bits per heavy atom. The molecule has 0 bridgehead atoms. The van der Waals surface area contributed by atoms with Crippen LogP contribution in [0.25, 0.3) is 0 Å². The summed E-state index contributed by atoms with van der Waals surface area (Å²) in [7, 11) is 0. The van der Waals surface area contributed by atoms with Gasteiger partial charge in [0.25, 0.3) is 0 Å².